The Morgan fingerprint density at radius 3 is 1.91 bits per heavy atom. The van der Waals surface area contributed by atoms with Gasteiger partial charge < -0.3 is 16.0 Å². The maximum Gasteiger partial charge on any atom is 0.320 e. The Hall–Kier alpha value is -1.10. The lowest BCUT2D eigenvalue weighted by Gasteiger charge is -2.07. The number of carboxylic acid groups (broad SMARTS) is 1. The second kappa shape index (κ2) is 7.01. The van der Waals surface area contributed by atoms with Gasteiger partial charge in [0.15, 0.2) is 0 Å². The van der Waals surface area contributed by atoms with Crippen molar-refractivity contribution in [1.82, 2.24) is 0 Å². The predicted molar refractivity (Wildman–Crippen MR) is 41.8 cm³/mol. The Morgan fingerprint density at radius 1 is 1.64 bits per heavy atom. The smallest absolute Gasteiger partial charge is 0.320 e. The summed E-state index contributed by atoms with van der Waals surface area (Å²) in [6.45, 7) is 6.22. The van der Waals surface area contributed by atoms with E-state index in [0.717, 1.165) is 0 Å². The molecule has 0 rings (SSSR count). The van der Waals surface area contributed by atoms with Gasteiger partial charge in [0, 0.05) is 6.72 Å². The molecule has 0 aliphatic heterocycles. The van der Waals surface area contributed by atoms with Gasteiger partial charge in [-0.3, -0.25) is 4.79 Å². The highest BCUT2D eigenvalue weighted by Crippen LogP contribution is 1.96. The minimum Gasteiger partial charge on any atom is -0.480 e. The summed E-state index contributed by atoms with van der Waals surface area (Å²) in [5, 5.41) is 17.6. The molecule has 0 aromatic heterocycles. The molecular weight excluding hydrogens is 148 g/mol. The number of rotatable bonds is 2. The van der Waals surface area contributed by atoms with E-state index < -0.39 is 12.0 Å². The standard InChI is InChI=1S/C5H11NO2.CH3NO/c1-3(2)4(6)5(7)8;1-2-3/h3-4H,6H2,1-2H3,(H,7,8);3H,1H2/t4-;/m0./s1. The fraction of sp³-hybridized carbons (Fsp3) is 0.667. The number of nitrogens with zero attached hydrogens (tertiary/aromatic N) is 1. The van der Waals surface area contributed by atoms with Crippen LogP contribution in [-0.2, 0) is 4.79 Å². The monoisotopic (exact) mass is 162 g/mol. The predicted octanol–water partition coefficient (Wildman–Crippen LogP) is 0.131. The van der Waals surface area contributed by atoms with Crippen LogP contribution in [0.15, 0.2) is 5.16 Å². The molecule has 0 aliphatic carbocycles. The van der Waals surface area contributed by atoms with E-state index in [9.17, 15) is 4.79 Å². The lowest BCUT2D eigenvalue weighted by atomic mass is 10.1. The molecule has 0 radical (unpaired) electrons. The van der Waals surface area contributed by atoms with Gasteiger partial charge in [-0.25, -0.2) is 0 Å². The molecule has 0 aromatic carbocycles. The van der Waals surface area contributed by atoms with Crippen molar-refractivity contribution in [3.05, 3.63) is 0 Å². The number of carbonyl (C=O) groups is 1. The molecule has 0 saturated carbocycles. The molecule has 4 N–H and O–H groups in total. The Bertz CT molecular complexity index is 125. The van der Waals surface area contributed by atoms with Crippen molar-refractivity contribution in [3.8, 4) is 0 Å². The van der Waals surface area contributed by atoms with Crippen LogP contribution in [0, 0.1) is 5.92 Å². The zero-order chi connectivity index (χ0) is 9.44. The average molecular weight is 162 g/mol. The molecule has 0 aliphatic rings. The maximum atomic E-state index is 10.0. The van der Waals surface area contributed by atoms with E-state index in [1.807, 2.05) is 0 Å². The molecule has 0 spiro atoms. The highest BCUT2D eigenvalue weighted by atomic mass is 16.4. The fourth-order valence-corrected chi connectivity index (χ4v) is 0.285. The van der Waals surface area contributed by atoms with Gasteiger partial charge in [0.05, 0.1) is 0 Å². The summed E-state index contributed by atoms with van der Waals surface area (Å²) in [4.78, 5) is 10.0. The minimum atomic E-state index is -0.931. The van der Waals surface area contributed by atoms with Crippen LogP contribution in [0.3, 0.4) is 0 Å². The van der Waals surface area contributed by atoms with Gasteiger partial charge in [-0.2, -0.15) is 0 Å². The molecule has 0 bridgehead atoms. The van der Waals surface area contributed by atoms with Crippen LogP contribution in [0.5, 0.6) is 0 Å². The first-order chi connectivity index (χ1) is 4.97. The van der Waals surface area contributed by atoms with Crippen LogP contribution in [-0.4, -0.2) is 29.0 Å². The molecule has 0 saturated heterocycles. The molecule has 0 amide bonds. The number of hydrogen-bond acceptors (Lipinski definition) is 4. The van der Waals surface area contributed by atoms with Crippen molar-refractivity contribution in [1.29, 1.82) is 0 Å². The molecule has 0 heterocycles. The van der Waals surface area contributed by atoms with Crippen molar-refractivity contribution in [2.45, 2.75) is 19.9 Å². The Labute approximate surface area is 65.5 Å². The Kier molecular flexibility index (Phi) is 8.01. The fourth-order valence-electron chi connectivity index (χ4n) is 0.285. The maximum absolute atomic E-state index is 10.0. The van der Waals surface area contributed by atoms with Gasteiger partial charge >= 0.3 is 5.97 Å². The SMILES string of the molecule is C=NO.CC(C)[C@H](N)C(=O)O. The summed E-state index contributed by atoms with van der Waals surface area (Å²) in [6.07, 6.45) is 0. The number of oxime groups is 1. The number of hydrogen-bond donors (Lipinski definition) is 3. The van der Waals surface area contributed by atoms with E-state index in [1.165, 1.54) is 0 Å². The van der Waals surface area contributed by atoms with Crippen LogP contribution in [0.4, 0.5) is 0 Å². The average Bonchev–Trinajstić information content (AvgIpc) is 1.87. The third kappa shape index (κ3) is 8.90. The Balaban J connectivity index is 0. The minimum absolute atomic E-state index is 0.0208. The van der Waals surface area contributed by atoms with E-state index in [2.05, 4.69) is 11.9 Å². The molecule has 0 aromatic rings. The zero-order valence-corrected chi connectivity index (χ0v) is 6.69. The normalized spacial score (nSPS) is 11.3. The van der Waals surface area contributed by atoms with Crippen LogP contribution >= 0.6 is 0 Å². The molecule has 0 unspecified atom stereocenters. The first-order valence-corrected chi connectivity index (χ1v) is 3.05. The van der Waals surface area contributed by atoms with Crippen molar-refractivity contribution < 1.29 is 15.1 Å². The van der Waals surface area contributed by atoms with E-state index in [0.29, 0.717) is 0 Å². The van der Waals surface area contributed by atoms with E-state index in [-0.39, 0.29) is 5.92 Å². The summed E-state index contributed by atoms with van der Waals surface area (Å²) >= 11 is 0. The third-order valence-corrected chi connectivity index (χ3v) is 1.00. The van der Waals surface area contributed by atoms with E-state index >= 15 is 0 Å². The molecule has 5 nitrogen and oxygen atoms in total. The van der Waals surface area contributed by atoms with Gasteiger partial charge in [0.2, 0.25) is 0 Å². The molecule has 5 heteroatoms. The topological polar surface area (TPSA) is 95.9 Å². The highest BCUT2D eigenvalue weighted by molar-refractivity contribution is 5.73. The van der Waals surface area contributed by atoms with Crippen molar-refractivity contribution in [2.75, 3.05) is 0 Å². The summed E-state index contributed by atoms with van der Waals surface area (Å²) in [5.41, 5.74) is 5.16. The zero-order valence-electron chi connectivity index (χ0n) is 6.69. The molecule has 11 heavy (non-hydrogen) atoms. The van der Waals surface area contributed by atoms with E-state index in [4.69, 9.17) is 16.0 Å². The van der Waals surface area contributed by atoms with Crippen molar-refractivity contribution in [2.24, 2.45) is 16.8 Å². The first-order valence-electron chi connectivity index (χ1n) is 3.05. The number of nitrogens with two attached hydrogens (primary N) is 1. The van der Waals surface area contributed by atoms with E-state index in [1.54, 1.807) is 13.8 Å². The third-order valence-electron chi connectivity index (χ3n) is 1.00. The van der Waals surface area contributed by atoms with Gasteiger partial charge in [-0.15, -0.1) is 5.16 Å². The highest BCUT2D eigenvalue weighted by Gasteiger charge is 2.14. The van der Waals surface area contributed by atoms with Crippen LogP contribution < -0.4 is 5.73 Å². The quantitative estimate of drug-likeness (QED) is 0.305. The van der Waals surface area contributed by atoms with Gasteiger partial charge in [0.25, 0.3) is 0 Å². The first kappa shape index (κ1) is 12.6. The second-order valence-electron chi connectivity index (χ2n) is 2.25. The second-order valence-corrected chi connectivity index (χ2v) is 2.25. The number of carboxylic acids is 1. The molecule has 0 fully saturated rings. The lowest BCUT2D eigenvalue weighted by Crippen LogP contribution is -2.34. The molecular formula is C6H14N2O3. The molecule has 1 atom stereocenters. The van der Waals surface area contributed by atoms with Crippen LogP contribution in [0.25, 0.3) is 0 Å². The van der Waals surface area contributed by atoms with Crippen molar-refractivity contribution in [3.63, 3.8) is 0 Å². The van der Waals surface area contributed by atoms with Crippen LogP contribution in [0.2, 0.25) is 0 Å². The summed E-state index contributed by atoms with van der Waals surface area (Å²) in [7, 11) is 0. The van der Waals surface area contributed by atoms with Gasteiger partial charge in [-0.05, 0) is 5.92 Å². The van der Waals surface area contributed by atoms with Gasteiger partial charge in [0.1, 0.15) is 6.04 Å². The van der Waals surface area contributed by atoms with Gasteiger partial charge in [-0.1, -0.05) is 13.8 Å². The lowest BCUT2D eigenvalue weighted by molar-refractivity contribution is -0.139. The summed E-state index contributed by atoms with van der Waals surface area (Å²) in [5.74, 6) is -0.910. The Morgan fingerprint density at radius 2 is 1.91 bits per heavy atom. The number of aliphatic carboxylic acids is 1. The summed E-state index contributed by atoms with van der Waals surface area (Å²) in [6, 6.07) is -0.713. The summed E-state index contributed by atoms with van der Waals surface area (Å²) < 4.78 is 0. The van der Waals surface area contributed by atoms with Crippen LogP contribution in [0.1, 0.15) is 13.8 Å². The van der Waals surface area contributed by atoms with Crippen molar-refractivity contribution >= 4 is 12.7 Å². The largest absolute Gasteiger partial charge is 0.480 e. The molecule has 66 valence electrons.